The molecule has 1 aromatic carbocycles. The van der Waals surface area contributed by atoms with Crippen LogP contribution >= 0.6 is 0 Å². The second-order valence-corrected chi connectivity index (χ2v) is 6.06. The van der Waals surface area contributed by atoms with E-state index in [2.05, 4.69) is 58.0 Å². The number of benzene rings is 1. The van der Waals surface area contributed by atoms with E-state index in [0.29, 0.717) is 17.4 Å². The molecule has 0 saturated carbocycles. The van der Waals surface area contributed by atoms with Crippen LogP contribution in [0.1, 0.15) is 30.9 Å². The van der Waals surface area contributed by atoms with Gasteiger partial charge in [0.15, 0.2) is 5.65 Å². The molecule has 2 N–H and O–H groups in total. The average Bonchev–Trinajstić information content (AvgIpc) is 2.54. The Balaban J connectivity index is 1.87. The Morgan fingerprint density at radius 3 is 2.48 bits per heavy atom. The minimum atomic E-state index is 0.467. The maximum atomic E-state index is 5.73. The van der Waals surface area contributed by atoms with Gasteiger partial charge in [-0.1, -0.05) is 38.1 Å². The van der Waals surface area contributed by atoms with Crippen LogP contribution in [0.15, 0.2) is 42.7 Å². The maximum Gasteiger partial charge on any atom is 0.166 e. The summed E-state index contributed by atoms with van der Waals surface area (Å²) < 4.78 is 0. The summed E-state index contributed by atoms with van der Waals surface area (Å²) in [6.07, 6.45) is 1.53. The van der Waals surface area contributed by atoms with Crippen molar-refractivity contribution < 1.29 is 0 Å². The first-order valence-electron chi connectivity index (χ1n) is 7.72. The van der Waals surface area contributed by atoms with E-state index in [1.165, 1.54) is 17.5 Å². The Morgan fingerprint density at radius 2 is 1.78 bits per heavy atom. The average molecular weight is 307 g/mol. The second-order valence-electron chi connectivity index (χ2n) is 6.06. The lowest BCUT2D eigenvalue weighted by molar-refractivity contribution is 0.859. The Hall–Kier alpha value is -2.69. The van der Waals surface area contributed by atoms with Gasteiger partial charge in [0.25, 0.3) is 0 Å². The van der Waals surface area contributed by atoms with Crippen molar-refractivity contribution in [1.82, 2.24) is 15.0 Å². The smallest absolute Gasteiger partial charge is 0.166 e. The van der Waals surface area contributed by atoms with Gasteiger partial charge in [-0.05, 0) is 29.2 Å². The highest BCUT2D eigenvalue weighted by atomic mass is 15.2. The number of hydrogen-bond donors (Lipinski definition) is 1. The van der Waals surface area contributed by atoms with Crippen molar-refractivity contribution in [2.45, 2.75) is 26.3 Å². The largest absolute Gasteiger partial charge is 0.384 e. The number of rotatable bonds is 4. The molecule has 3 aromatic rings. The number of nitrogen functional groups attached to an aromatic ring is 1. The molecule has 5 heteroatoms. The fourth-order valence-electron chi connectivity index (χ4n) is 2.60. The van der Waals surface area contributed by atoms with Gasteiger partial charge in [0.1, 0.15) is 18.0 Å². The zero-order valence-corrected chi connectivity index (χ0v) is 13.7. The number of fused-ring (bicyclic) bond motifs is 1. The van der Waals surface area contributed by atoms with Gasteiger partial charge in [0, 0.05) is 13.6 Å². The summed E-state index contributed by atoms with van der Waals surface area (Å²) >= 11 is 0. The summed E-state index contributed by atoms with van der Waals surface area (Å²) in [6, 6.07) is 12.4. The molecule has 3 rings (SSSR count). The molecule has 5 nitrogen and oxygen atoms in total. The molecule has 0 aliphatic carbocycles. The predicted octanol–water partition coefficient (Wildman–Crippen LogP) is 3.37. The van der Waals surface area contributed by atoms with Crippen molar-refractivity contribution in [2.24, 2.45) is 0 Å². The van der Waals surface area contributed by atoms with Crippen molar-refractivity contribution in [3.8, 4) is 0 Å². The van der Waals surface area contributed by atoms with Gasteiger partial charge < -0.3 is 10.6 Å². The van der Waals surface area contributed by atoms with E-state index < -0.39 is 0 Å². The van der Waals surface area contributed by atoms with Crippen LogP contribution in [0, 0.1) is 0 Å². The zero-order valence-electron chi connectivity index (χ0n) is 13.7. The van der Waals surface area contributed by atoms with Crippen LogP contribution in [-0.2, 0) is 6.54 Å². The first-order chi connectivity index (χ1) is 11.0. The van der Waals surface area contributed by atoms with Gasteiger partial charge in [-0.3, -0.25) is 0 Å². The number of hydrogen-bond acceptors (Lipinski definition) is 5. The van der Waals surface area contributed by atoms with Crippen molar-refractivity contribution >= 4 is 22.7 Å². The third-order valence-corrected chi connectivity index (χ3v) is 3.93. The van der Waals surface area contributed by atoms with Crippen LogP contribution in [0.25, 0.3) is 11.0 Å². The van der Waals surface area contributed by atoms with Crippen LogP contribution in [0.2, 0.25) is 0 Å². The highest BCUT2D eigenvalue weighted by molar-refractivity contribution is 5.87. The lowest BCUT2D eigenvalue weighted by atomic mass is 10.0. The van der Waals surface area contributed by atoms with Gasteiger partial charge in [0.2, 0.25) is 0 Å². The lowest BCUT2D eigenvalue weighted by Crippen LogP contribution is -2.18. The van der Waals surface area contributed by atoms with E-state index in [4.69, 9.17) is 5.73 Å². The van der Waals surface area contributed by atoms with E-state index >= 15 is 0 Å². The molecular weight excluding hydrogens is 286 g/mol. The number of aromatic nitrogens is 3. The lowest BCUT2D eigenvalue weighted by Gasteiger charge is -2.20. The van der Waals surface area contributed by atoms with Crippen LogP contribution in [0.4, 0.5) is 11.6 Å². The van der Waals surface area contributed by atoms with Crippen molar-refractivity contribution in [1.29, 1.82) is 0 Å². The molecule has 0 amide bonds. The molecule has 0 bridgehead atoms. The van der Waals surface area contributed by atoms with Gasteiger partial charge >= 0.3 is 0 Å². The number of anilines is 2. The Kier molecular flexibility index (Phi) is 4.10. The number of nitrogens with zero attached hydrogens (tertiary/aromatic N) is 4. The molecule has 2 aromatic heterocycles. The standard InChI is InChI=1S/C18H21N5/c1-12(2)14-6-4-13(5-7-14)10-23(3)18-15-8-9-16(19)22-17(15)20-11-21-18/h4-9,11-12H,10H2,1-3H3,(H2,19,20,21,22). The van der Waals surface area contributed by atoms with Gasteiger partial charge in [-0.2, -0.15) is 0 Å². The van der Waals surface area contributed by atoms with E-state index in [1.54, 1.807) is 6.07 Å². The third kappa shape index (κ3) is 3.23. The van der Waals surface area contributed by atoms with Crippen LogP contribution in [0.5, 0.6) is 0 Å². The SMILES string of the molecule is CC(C)c1ccc(CN(C)c2ncnc3nc(N)ccc23)cc1. The van der Waals surface area contributed by atoms with E-state index in [9.17, 15) is 0 Å². The number of nitrogens with two attached hydrogens (primary N) is 1. The highest BCUT2D eigenvalue weighted by Gasteiger charge is 2.10. The molecule has 118 valence electrons. The monoisotopic (exact) mass is 307 g/mol. The van der Waals surface area contributed by atoms with Gasteiger partial charge in [-0.15, -0.1) is 0 Å². The van der Waals surface area contributed by atoms with E-state index in [0.717, 1.165) is 17.7 Å². The van der Waals surface area contributed by atoms with Gasteiger partial charge in [-0.25, -0.2) is 15.0 Å². The minimum absolute atomic E-state index is 0.467. The third-order valence-electron chi connectivity index (χ3n) is 3.93. The highest BCUT2D eigenvalue weighted by Crippen LogP contribution is 2.23. The quantitative estimate of drug-likeness (QED) is 0.800. The molecule has 0 radical (unpaired) electrons. The van der Waals surface area contributed by atoms with E-state index in [-0.39, 0.29) is 0 Å². The zero-order chi connectivity index (χ0) is 16.4. The second kappa shape index (κ2) is 6.20. The predicted molar refractivity (Wildman–Crippen MR) is 94.4 cm³/mol. The van der Waals surface area contributed by atoms with Gasteiger partial charge in [0.05, 0.1) is 5.39 Å². The van der Waals surface area contributed by atoms with E-state index in [1.807, 2.05) is 13.1 Å². The molecule has 2 heterocycles. The van der Waals surface area contributed by atoms with Crippen molar-refractivity contribution in [3.63, 3.8) is 0 Å². The fraction of sp³-hybridized carbons (Fsp3) is 0.278. The molecule has 0 aliphatic rings. The maximum absolute atomic E-state index is 5.73. The normalized spacial score (nSPS) is 11.1. The Labute approximate surface area is 136 Å². The summed E-state index contributed by atoms with van der Waals surface area (Å²) in [7, 11) is 2.02. The molecule has 0 saturated heterocycles. The molecule has 0 spiro atoms. The number of pyridine rings is 1. The van der Waals surface area contributed by atoms with Crippen molar-refractivity contribution in [2.75, 3.05) is 17.7 Å². The Morgan fingerprint density at radius 1 is 1.04 bits per heavy atom. The molecule has 0 aliphatic heterocycles. The molecule has 23 heavy (non-hydrogen) atoms. The molecule has 0 atom stereocenters. The fourth-order valence-corrected chi connectivity index (χ4v) is 2.60. The molecule has 0 fully saturated rings. The van der Waals surface area contributed by atoms with Crippen LogP contribution in [0.3, 0.4) is 0 Å². The summed E-state index contributed by atoms with van der Waals surface area (Å²) in [5.74, 6) is 1.87. The first kappa shape index (κ1) is 15.2. The molecule has 0 unspecified atom stereocenters. The first-order valence-corrected chi connectivity index (χ1v) is 7.72. The van der Waals surface area contributed by atoms with Crippen molar-refractivity contribution in [3.05, 3.63) is 53.9 Å². The van der Waals surface area contributed by atoms with Crippen LogP contribution < -0.4 is 10.6 Å². The summed E-state index contributed by atoms with van der Waals surface area (Å²) in [5.41, 5.74) is 8.94. The van der Waals surface area contributed by atoms with Crippen LogP contribution in [-0.4, -0.2) is 22.0 Å². The Bertz CT molecular complexity index is 811. The minimum Gasteiger partial charge on any atom is -0.384 e. The summed E-state index contributed by atoms with van der Waals surface area (Å²) in [4.78, 5) is 15.0. The summed E-state index contributed by atoms with van der Waals surface area (Å²) in [6.45, 7) is 5.18. The summed E-state index contributed by atoms with van der Waals surface area (Å²) in [5, 5.41) is 0.906. The molecular formula is C18H21N5. The topological polar surface area (TPSA) is 67.9 Å².